The number of aryl methyl sites for hydroxylation is 1. The number of aromatic nitrogens is 2. The second kappa shape index (κ2) is 7.55. The third kappa shape index (κ3) is 3.87. The van der Waals surface area contributed by atoms with Crippen molar-refractivity contribution >= 4 is 5.91 Å². The minimum absolute atomic E-state index is 0.191. The standard InChI is InChI=1S/C19H18FN3O/c20-17-9-7-16(8-10-17)19(24)22-11-4-13-23-14-12-21-18(23)15-5-2-1-3-6-15/h1-3,5-10,12,14H,4,11,13H2,(H,22,24). The van der Waals surface area contributed by atoms with Crippen molar-refractivity contribution in [2.75, 3.05) is 6.54 Å². The van der Waals surface area contributed by atoms with Crippen molar-refractivity contribution in [3.05, 3.63) is 78.4 Å². The molecule has 0 unspecified atom stereocenters. The maximum Gasteiger partial charge on any atom is 0.251 e. The molecule has 0 saturated carbocycles. The highest BCUT2D eigenvalue weighted by molar-refractivity contribution is 5.94. The maximum atomic E-state index is 12.9. The molecule has 1 N–H and O–H groups in total. The number of benzene rings is 2. The van der Waals surface area contributed by atoms with E-state index in [0.717, 1.165) is 24.4 Å². The lowest BCUT2D eigenvalue weighted by Gasteiger charge is -2.09. The van der Waals surface area contributed by atoms with Crippen LogP contribution in [0.1, 0.15) is 16.8 Å². The van der Waals surface area contributed by atoms with Crippen LogP contribution in [0.3, 0.4) is 0 Å². The molecule has 0 radical (unpaired) electrons. The van der Waals surface area contributed by atoms with Gasteiger partial charge < -0.3 is 9.88 Å². The van der Waals surface area contributed by atoms with E-state index in [2.05, 4.69) is 14.9 Å². The van der Waals surface area contributed by atoms with Crippen molar-refractivity contribution < 1.29 is 9.18 Å². The van der Waals surface area contributed by atoms with Crippen LogP contribution in [0.5, 0.6) is 0 Å². The van der Waals surface area contributed by atoms with Gasteiger partial charge in [-0.15, -0.1) is 0 Å². The van der Waals surface area contributed by atoms with E-state index in [9.17, 15) is 9.18 Å². The van der Waals surface area contributed by atoms with Gasteiger partial charge in [-0.1, -0.05) is 30.3 Å². The number of amides is 1. The van der Waals surface area contributed by atoms with Crippen molar-refractivity contribution in [3.8, 4) is 11.4 Å². The summed E-state index contributed by atoms with van der Waals surface area (Å²) in [5, 5.41) is 2.84. The summed E-state index contributed by atoms with van der Waals surface area (Å²) in [5.41, 5.74) is 1.53. The number of rotatable bonds is 6. The number of hydrogen-bond donors (Lipinski definition) is 1. The van der Waals surface area contributed by atoms with Gasteiger partial charge >= 0.3 is 0 Å². The Labute approximate surface area is 140 Å². The summed E-state index contributed by atoms with van der Waals surface area (Å²) in [6.07, 6.45) is 4.49. The zero-order chi connectivity index (χ0) is 16.8. The van der Waals surface area contributed by atoms with E-state index in [1.807, 2.05) is 36.5 Å². The van der Waals surface area contributed by atoms with E-state index in [0.29, 0.717) is 12.1 Å². The molecule has 0 bridgehead atoms. The van der Waals surface area contributed by atoms with Crippen molar-refractivity contribution in [3.63, 3.8) is 0 Å². The molecular formula is C19H18FN3O. The van der Waals surface area contributed by atoms with Crippen LogP contribution < -0.4 is 5.32 Å². The number of carbonyl (C=O) groups is 1. The van der Waals surface area contributed by atoms with Crippen LogP contribution in [-0.2, 0) is 6.54 Å². The molecular weight excluding hydrogens is 305 g/mol. The lowest BCUT2D eigenvalue weighted by Crippen LogP contribution is -2.25. The third-order valence-corrected chi connectivity index (χ3v) is 3.72. The zero-order valence-electron chi connectivity index (χ0n) is 13.2. The number of nitrogens with one attached hydrogen (secondary N) is 1. The van der Waals surface area contributed by atoms with Gasteiger partial charge in [0, 0.05) is 36.6 Å². The van der Waals surface area contributed by atoms with Crippen LogP contribution in [0.15, 0.2) is 67.0 Å². The Bertz CT molecular complexity index is 797. The average molecular weight is 323 g/mol. The molecule has 0 spiro atoms. The van der Waals surface area contributed by atoms with Crippen molar-refractivity contribution in [2.45, 2.75) is 13.0 Å². The number of carbonyl (C=O) groups excluding carboxylic acids is 1. The van der Waals surface area contributed by atoms with Crippen LogP contribution in [0, 0.1) is 5.82 Å². The molecule has 1 amide bonds. The number of halogens is 1. The average Bonchev–Trinajstić information content (AvgIpc) is 3.08. The first kappa shape index (κ1) is 15.9. The minimum Gasteiger partial charge on any atom is -0.352 e. The van der Waals surface area contributed by atoms with E-state index >= 15 is 0 Å². The molecule has 0 aliphatic carbocycles. The van der Waals surface area contributed by atoms with Gasteiger partial charge in [-0.25, -0.2) is 9.37 Å². The molecule has 1 aromatic heterocycles. The number of nitrogens with zero attached hydrogens (tertiary/aromatic N) is 2. The largest absolute Gasteiger partial charge is 0.352 e. The van der Waals surface area contributed by atoms with Gasteiger partial charge in [0.2, 0.25) is 0 Å². The van der Waals surface area contributed by atoms with Gasteiger partial charge in [0.05, 0.1) is 0 Å². The Kier molecular flexibility index (Phi) is 5.01. The molecule has 0 saturated heterocycles. The fourth-order valence-corrected chi connectivity index (χ4v) is 2.49. The molecule has 5 heteroatoms. The Morgan fingerprint density at radius 3 is 2.58 bits per heavy atom. The minimum atomic E-state index is -0.347. The Balaban J connectivity index is 1.52. The molecule has 0 atom stereocenters. The zero-order valence-corrected chi connectivity index (χ0v) is 13.2. The first-order valence-electron chi connectivity index (χ1n) is 7.84. The number of hydrogen-bond acceptors (Lipinski definition) is 2. The van der Waals surface area contributed by atoms with Gasteiger partial charge in [-0.2, -0.15) is 0 Å². The van der Waals surface area contributed by atoms with E-state index < -0.39 is 0 Å². The molecule has 1 heterocycles. The summed E-state index contributed by atoms with van der Waals surface area (Å²) in [4.78, 5) is 16.3. The quantitative estimate of drug-likeness (QED) is 0.706. The Morgan fingerprint density at radius 2 is 1.83 bits per heavy atom. The normalized spacial score (nSPS) is 10.5. The van der Waals surface area contributed by atoms with Crippen LogP contribution in [0.4, 0.5) is 4.39 Å². The van der Waals surface area contributed by atoms with E-state index in [1.54, 1.807) is 6.20 Å². The molecule has 4 nitrogen and oxygen atoms in total. The van der Waals surface area contributed by atoms with Crippen molar-refractivity contribution in [2.24, 2.45) is 0 Å². The van der Waals surface area contributed by atoms with Gasteiger partial charge in [0.25, 0.3) is 5.91 Å². The second-order valence-electron chi connectivity index (χ2n) is 5.43. The summed E-state index contributed by atoms with van der Waals surface area (Å²) in [6.45, 7) is 1.30. The summed E-state index contributed by atoms with van der Waals surface area (Å²) < 4.78 is 14.9. The summed E-state index contributed by atoms with van der Waals surface area (Å²) in [6, 6.07) is 15.5. The Morgan fingerprint density at radius 1 is 1.08 bits per heavy atom. The molecule has 2 aromatic carbocycles. The van der Waals surface area contributed by atoms with Gasteiger partial charge in [0.15, 0.2) is 0 Å². The third-order valence-electron chi connectivity index (χ3n) is 3.72. The van der Waals surface area contributed by atoms with E-state index in [4.69, 9.17) is 0 Å². The lowest BCUT2D eigenvalue weighted by atomic mass is 10.2. The predicted molar refractivity (Wildman–Crippen MR) is 91.0 cm³/mol. The molecule has 3 aromatic rings. The molecule has 0 aliphatic heterocycles. The topological polar surface area (TPSA) is 46.9 Å². The summed E-state index contributed by atoms with van der Waals surface area (Å²) in [5.74, 6) is 0.379. The van der Waals surface area contributed by atoms with Crippen LogP contribution in [0.25, 0.3) is 11.4 Å². The first-order chi connectivity index (χ1) is 11.7. The maximum absolute atomic E-state index is 12.9. The van der Waals surface area contributed by atoms with Crippen LogP contribution >= 0.6 is 0 Å². The highest BCUT2D eigenvalue weighted by Crippen LogP contribution is 2.16. The smallest absolute Gasteiger partial charge is 0.251 e. The molecule has 24 heavy (non-hydrogen) atoms. The van der Waals surface area contributed by atoms with Gasteiger partial charge in [-0.05, 0) is 30.7 Å². The lowest BCUT2D eigenvalue weighted by molar-refractivity contribution is 0.0952. The SMILES string of the molecule is O=C(NCCCn1ccnc1-c1ccccc1)c1ccc(F)cc1. The second-order valence-corrected chi connectivity index (χ2v) is 5.43. The van der Waals surface area contributed by atoms with E-state index in [-0.39, 0.29) is 11.7 Å². The highest BCUT2D eigenvalue weighted by atomic mass is 19.1. The first-order valence-corrected chi connectivity index (χ1v) is 7.84. The van der Waals surface area contributed by atoms with Crippen LogP contribution in [-0.4, -0.2) is 22.0 Å². The van der Waals surface area contributed by atoms with Gasteiger partial charge in [0.1, 0.15) is 11.6 Å². The summed E-state index contributed by atoms with van der Waals surface area (Å²) >= 11 is 0. The molecule has 122 valence electrons. The van der Waals surface area contributed by atoms with Gasteiger partial charge in [-0.3, -0.25) is 4.79 Å². The fraction of sp³-hybridized carbons (Fsp3) is 0.158. The molecule has 0 aliphatic rings. The van der Waals surface area contributed by atoms with Crippen molar-refractivity contribution in [1.82, 2.24) is 14.9 Å². The molecule has 0 fully saturated rings. The number of imidazole rings is 1. The molecule has 3 rings (SSSR count). The predicted octanol–water partition coefficient (Wildman–Crippen LogP) is 3.51. The highest BCUT2D eigenvalue weighted by Gasteiger charge is 2.07. The summed E-state index contributed by atoms with van der Waals surface area (Å²) in [7, 11) is 0. The van der Waals surface area contributed by atoms with E-state index in [1.165, 1.54) is 24.3 Å². The monoisotopic (exact) mass is 323 g/mol. The Hall–Kier alpha value is -2.95. The fourth-order valence-electron chi connectivity index (χ4n) is 2.49. The van der Waals surface area contributed by atoms with Crippen molar-refractivity contribution in [1.29, 1.82) is 0 Å². The van der Waals surface area contributed by atoms with Crippen LogP contribution in [0.2, 0.25) is 0 Å².